The molecular formula is C28H40N2O3. The Morgan fingerprint density at radius 2 is 1.70 bits per heavy atom. The third kappa shape index (κ3) is 7.62. The molecule has 0 aromatic heterocycles. The summed E-state index contributed by atoms with van der Waals surface area (Å²) in [6.45, 7) is 13.3. The molecule has 0 aliphatic rings. The van der Waals surface area contributed by atoms with Gasteiger partial charge in [-0.1, -0.05) is 83.5 Å². The predicted molar refractivity (Wildman–Crippen MR) is 134 cm³/mol. The predicted octanol–water partition coefficient (Wildman–Crippen LogP) is 5.40. The van der Waals surface area contributed by atoms with Crippen LogP contribution in [-0.2, 0) is 21.5 Å². The van der Waals surface area contributed by atoms with Crippen molar-refractivity contribution in [3.05, 3.63) is 65.2 Å². The van der Waals surface area contributed by atoms with E-state index in [9.17, 15) is 9.59 Å². The lowest BCUT2D eigenvalue weighted by molar-refractivity contribution is -0.143. The molecule has 2 amide bonds. The van der Waals surface area contributed by atoms with E-state index >= 15 is 0 Å². The number of hydrogen-bond acceptors (Lipinski definition) is 3. The lowest BCUT2D eigenvalue weighted by Crippen LogP contribution is -2.50. The molecule has 0 heterocycles. The number of amides is 2. The van der Waals surface area contributed by atoms with Gasteiger partial charge < -0.3 is 15.0 Å². The number of nitrogens with one attached hydrogen (secondary N) is 1. The minimum atomic E-state index is -0.546. The first-order valence-electron chi connectivity index (χ1n) is 12.0. The molecule has 1 N–H and O–H groups in total. The largest absolute Gasteiger partial charge is 0.483 e. The third-order valence-electron chi connectivity index (χ3n) is 5.86. The summed E-state index contributed by atoms with van der Waals surface area (Å²) in [6.07, 6.45) is 2.46. The molecule has 2 aromatic rings. The highest BCUT2D eigenvalue weighted by molar-refractivity contribution is 5.88. The van der Waals surface area contributed by atoms with E-state index in [1.54, 1.807) is 4.90 Å². The molecule has 2 rings (SSSR count). The zero-order chi connectivity index (χ0) is 24.4. The average Bonchev–Trinajstić information content (AvgIpc) is 2.78. The minimum absolute atomic E-state index is 0.106. The maximum Gasteiger partial charge on any atom is 0.261 e. The summed E-state index contributed by atoms with van der Waals surface area (Å²) in [5.74, 6) is 0.400. The maximum absolute atomic E-state index is 13.4. The number of hydrogen-bond donors (Lipinski definition) is 1. The SMILES string of the molecule is CCCCNC(=O)[C@H](CC)N(Cc1ccccc1C)C(=O)COc1ccccc1C(C)(C)C. The second kappa shape index (κ2) is 12.4. The number of aryl methyl sites for hydroxylation is 1. The number of rotatable bonds is 11. The first-order valence-corrected chi connectivity index (χ1v) is 12.0. The fourth-order valence-corrected chi connectivity index (χ4v) is 3.83. The van der Waals surface area contributed by atoms with Crippen LogP contribution in [0.15, 0.2) is 48.5 Å². The Balaban J connectivity index is 2.26. The summed E-state index contributed by atoms with van der Waals surface area (Å²) in [5, 5.41) is 3.00. The molecule has 2 aromatic carbocycles. The van der Waals surface area contributed by atoms with Gasteiger partial charge in [-0.15, -0.1) is 0 Å². The van der Waals surface area contributed by atoms with Crippen LogP contribution < -0.4 is 10.1 Å². The van der Waals surface area contributed by atoms with E-state index in [2.05, 4.69) is 33.0 Å². The Labute approximate surface area is 199 Å². The van der Waals surface area contributed by atoms with Crippen molar-refractivity contribution in [1.29, 1.82) is 0 Å². The highest BCUT2D eigenvalue weighted by Gasteiger charge is 2.29. The van der Waals surface area contributed by atoms with Crippen molar-refractivity contribution < 1.29 is 14.3 Å². The standard InChI is InChI=1S/C28H40N2O3/c1-7-9-18-29-27(32)24(8-2)30(19-22-15-11-10-14-21(22)3)26(31)20-33-25-17-13-12-16-23(25)28(4,5)6/h10-17,24H,7-9,18-20H2,1-6H3,(H,29,32)/t24-/m0/s1. The molecule has 0 radical (unpaired) electrons. The highest BCUT2D eigenvalue weighted by Crippen LogP contribution is 2.31. The molecule has 33 heavy (non-hydrogen) atoms. The zero-order valence-electron chi connectivity index (χ0n) is 21.1. The Bertz CT molecular complexity index is 917. The molecule has 0 bridgehead atoms. The average molecular weight is 453 g/mol. The van der Waals surface area contributed by atoms with E-state index in [-0.39, 0.29) is 23.8 Å². The van der Waals surface area contributed by atoms with Crippen molar-refractivity contribution in [3.8, 4) is 5.75 Å². The van der Waals surface area contributed by atoms with E-state index in [1.165, 1.54) is 0 Å². The molecule has 0 aliphatic heterocycles. The lowest BCUT2D eigenvalue weighted by Gasteiger charge is -2.31. The summed E-state index contributed by atoms with van der Waals surface area (Å²) >= 11 is 0. The van der Waals surface area contributed by atoms with Crippen molar-refractivity contribution in [2.24, 2.45) is 0 Å². The first-order chi connectivity index (χ1) is 15.7. The van der Waals surface area contributed by atoms with Crippen molar-refractivity contribution in [1.82, 2.24) is 10.2 Å². The molecule has 0 fully saturated rings. The van der Waals surface area contributed by atoms with Crippen LogP contribution in [0.1, 0.15) is 70.6 Å². The summed E-state index contributed by atoms with van der Waals surface area (Å²) in [4.78, 5) is 28.1. The van der Waals surface area contributed by atoms with Crippen LogP contribution in [0.3, 0.4) is 0 Å². The summed E-state index contributed by atoms with van der Waals surface area (Å²) in [5.41, 5.74) is 3.06. The molecule has 0 unspecified atom stereocenters. The Morgan fingerprint density at radius 3 is 2.33 bits per heavy atom. The molecule has 180 valence electrons. The van der Waals surface area contributed by atoms with Crippen molar-refractivity contribution in [2.75, 3.05) is 13.2 Å². The van der Waals surface area contributed by atoms with Crippen LogP contribution in [0.2, 0.25) is 0 Å². The smallest absolute Gasteiger partial charge is 0.261 e. The van der Waals surface area contributed by atoms with Gasteiger partial charge in [0.2, 0.25) is 5.91 Å². The van der Waals surface area contributed by atoms with E-state index in [4.69, 9.17) is 4.74 Å². The van der Waals surface area contributed by atoms with E-state index < -0.39 is 6.04 Å². The molecule has 5 nitrogen and oxygen atoms in total. The van der Waals surface area contributed by atoms with Gasteiger partial charge in [-0.05, 0) is 47.9 Å². The van der Waals surface area contributed by atoms with Gasteiger partial charge in [-0.2, -0.15) is 0 Å². The second-order valence-electron chi connectivity index (χ2n) is 9.55. The quantitative estimate of drug-likeness (QED) is 0.465. The summed E-state index contributed by atoms with van der Waals surface area (Å²) in [7, 11) is 0. The van der Waals surface area contributed by atoms with Crippen LogP contribution in [0, 0.1) is 6.92 Å². The van der Waals surface area contributed by atoms with E-state index in [1.807, 2.05) is 62.4 Å². The van der Waals surface area contributed by atoms with Crippen molar-refractivity contribution in [2.45, 2.75) is 78.8 Å². The van der Waals surface area contributed by atoms with Gasteiger partial charge in [0.1, 0.15) is 11.8 Å². The number of nitrogens with zero attached hydrogens (tertiary/aromatic N) is 1. The van der Waals surface area contributed by atoms with Gasteiger partial charge in [0, 0.05) is 13.1 Å². The molecule has 5 heteroatoms. The Hall–Kier alpha value is -2.82. The van der Waals surface area contributed by atoms with Gasteiger partial charge in [0.05, 0.1) is 0 Å². The number of carbonyl (C=O) groups is 2. The molecular weight excluding hydrogens is 412 g/mol. The Morgan fingerprint density at radius 1 is 1.03 bits per heavy atom. The number of carbonyl (C=O) groups excluding carboxylic acids is 2. The van der Waals surface area contributed by atoms with Crippen LogP contribution in [-0.4, -0.2) is 35.9 Å². The van der Waals surface area contributed by atoms with E-state index in [0.717, 1.165) is 29.5 Å². The van der Waals surface area contributed by atoms with Gasteiger partial charge in [0.25, 0.3) is 5.91 Å². The monoisotopic (exact) mass is 452 g/mol. The van der Waals surface area contributed by atoms with Gasteiger partial charge in [-0.25, -0.2) is 0 Å². The molecule has 0 saturated heterocycles. The van der Waals surface area contributed by atoms with E-state index in [0.29, 0.717) is 25.3 Å². The molecule has 1 atom stereocenters. The Kier molecular flexibility index (Phi) is 9.95. The van der Waals surface area contributed by atoms with Crippen LogP contribution in [0.4, 0.5) is 0 Å². The van der Waals surface area contributed by atoms with Gasteiger partial charge in [-0.3, -0.25) is 9.59 Å². The number of benzene rings is 2. The van der Waals surface area contributed by atoms with Gasteiger partial charge >= 0.3 is 0 Å². The minimum Gasteiger partial charge on any atom is -0.483 e. The zero-order valence-corrected chi connectivity index (χ0v) is 21.1. The number of unbranched alkanes of at least 4 members (excludes halogenated alkanes) is 1. The summed E-state index contributed by atoms with van der Waals surface area (Å²) < 4.78 is 6.02. The maximum atomic E-state index is 13.4. The lowest BCUT2D eigenvalue weighted by atomic mass is 9.86. The number of para-hydroxylation sites is 1. The molecule has 0 saturated carbocycles. The van der Waals surface area contributed by atoms with Gasteiger partial charge in [0.15, 0.2) is 6.61 Å². The second-order valence-corrected chi connectivity index (χ2v) is 9.55. The molecule has 0 spiro atoms. The first kappa shape index (κ1) is 26.4. The fourth-order valence-electron chi connectivity index (χ4n) is 3.83. The summed E-state index contributed by atoms with van der Waals surface area (Å²) in [6, 6.07) is 15.2. The number of ether oxygens (including phenoxy) is 1. The fraction of sp³-hybridized carbons (Fsp3) is 0.500. The topological polar surface area (TPSA) is 58.6 Å². The van der Waals surface area contributed by atoms with Crippen LogP contribution in [0.5, 0.6) is 5.75 Å². The normalized spacial score (nSPS) is 12.2. The van der Waals surface area contributed by atoms with Crippen LogP contribution in [0.25, 0.3) is 0 Å². The van der Waals surface area contributed by atoms with Crippen LogP contribution >= 0.6 is 0 Å². The third-order valence-corrected chi connectivity index (χ3v) is 5.86. The van der Waals surface area contributed by atoms with Crippen molar-refractivity contribution >= 4 is 11.8 Å². The molecule has 0 aliphatic carbocycles. The van der Waals surface area contributed by atoms with Crippen molar-refractivity contribution in [3.63, 3.8) is 0 Å². The highest BCUT2D eigenvalue weighted by atomic mass is 16.5.